The lowest BCUT2D eigenvalue weighted by atomic mass is 10.4. The molecule has 0 aliphatic heterocycles. The van der Waals surface area contributed by atoms with E-state index < -0.39 is 0 Å². The summed E-state index contributed by atoms with van der Waals surface area (Å²) in [6.45, 7) is 6.88. The topological polar surface area (TPSA) is 21.3 Å². The molecule has 0 bridgehead atoms. The van der Waals surface area contributed by atoms with Gasteiger partial charge >= 0.3 is 0 Å². The highest BCUT2D eigenvalue weighted by molar-refractivity contribution is 7.09. The summed E-state index contributed by atoms with van der Waals surface area (Å²) < 4.78 is 5.50. The molecule has 1 aromatic rings. The monoisotopic (exact) mass is 213 g/mol. The largest absolute Gasteiger partial charge is 0.380 e. The number of nitrogens with one attached hydrogen (secondary N) is 1. The molecule has 0 fully saturated rings. The Hall–Kier alpha value is -0.380. The molecule has 0 spiro atoms. The van der Waals surface area contributed by atoms with Crippen molar-refractivity contribution in [2.24, 2.45) is 0 Å². The molecule has 1 rings (SSSR count). The first-order valence-corrected chi connectivity index (χ1v) is 6.00. The van der Waals surface area contributed by atoms with Crippen LogP contribution in [0.3, 0.4) is 0 Å². The maximum absolute atomic E-state index is 5.50. The fraction of sp³-hybridized carbons (Fsp3) is 0.636. The summed E-state index contributed by atoms with van der Waals surface area (Å²) in [4.78, 5) is 1.40. The van der Waals surface area contributed by atoms with Crippen LogP contribution in [0.2, 0.25) is 0 Å². The van der Waals surface area contributed by atoms with E-state index in [0.717, 1.165) is 26.2 Å². The lowest BCUT2D eigenvalue weighted by molar-refractivity contribution is 0.138. The molecule has 1 heterocycles. The lowest BCUT2D eigenvalue weighted by Gasteiger charge is -2.07. The van der Waals surface area contributed by atoms with Crippen LogP contribution in [0.1, 0.15) is 18.7 Å². The molecule has 80 valence electrons. The van der Waals surface area contributed by atoms with Gasteiger partial charge < -0.3 is 10.1 Å². The van der Waals surface area contributed by atoms with Gasteiger partial charge in [0.05, 0.1) is 13.2 Å². The predicted octanol–water partition coefficient (Wildman–Crippen LogP) is 2.31. The van der Waals surface area contributed by atoms with Gasteiger partial charge in [-0.15, -0.1) is 11.3 Å². The van der Waals surface area contributed by atoms with Gasteiger partial charge in [-0.3, -0.25) is 0 Å². The smallest absolute Gasteiger partial charge is 0.0591 e. The normalized spacial score (nSPS) is 11.1. The standard InChI is InChI=1S/C11H19NOS/c1-10(2)12-6-8-13-7-5-11-4-3-9-14-11/h3-4,9-10,12H,5-8H2,1-2H3. The van der Waals surface area contributed by atoms with E-state index in [4.69, 9.17) is 4.74 Å². The molecule has 0 aromatic carbocycles. The van der Waals surface area contributed by atoms with Gasteiger partial charge in [-0.2, -0.15) is 0 Å². The van der Waals surface area contributed by atoms with E-state index in [2.05, 4.69) is 36.7 Å². The highest BCUT2D eigenvalue weighted by Crippen LogP contribution is 2.08. The third-order valence-electron chi connectivity index (χ3n) is 1.87. The molecule has 0 aliphatic rings. The molecule has 0 saturated carbocycles. The maximum Gasteiger partial charge on any atom is 0.0591 e. The van der Waals surface area contributed by atoms with Crippen LogP contribution in [-0.2, 0) is 11.2 Å². The number of thiophene rings is 1. The van der Waals surface area contributed by atoms with Crippen molar-refractivity contribution >= 4 is 11.3 Å². The average Bonchev–Trinajstić information content (AvgIpc) is 2.63. The Kier molecular flexibility index (Phi) is 5.83. The van der Waals surface area contributed by atoms with Crippen molar-refractivity contribution in [2.75, 3.05) is 19.8 Å². The molecule has 0 amide bonds. The highest BCUT2D eigenvalue weighted by atomic mass is 32.1. The van der Waals surface area contributed by atoms with E-state index in [-0.39, 0.29) is 0 Å². The van der Waals surface area contributed by atoms with E-state index in [1.165, 1.54) is 4.88 Å². The molecular formula is C11H19NOS. The van der Waals surface area contributed by atoms with E-state index in [1.54, 1.807) is 11.3 Å². The van der Waals surface area contributed by atoms with Gasteiger partial charge in [-0.05, 0) is 11.4 Å². The summed E-state index contributed by atoms with van der Waals surface area (Å²) in [5.74, 6) is 0. The van der Waals surface area contributed by atoms with Crippen molar-refractivity contribution in [1.82, 2.24) is 5.32 Å². The molecule has 0 aliphatic carbocycles. The van der Waals surface area contributed by atoms with Crippen molar-refractivity contribution in [1.29, 1.82) is 0 Å². The fourth-order valence-corrected chi connectivity index (χ4v) is 1.84. The fourth-order valence-electron chi connectivity index (χ4n) is 1.15. The first-order valence-electron chi connectivity index (χ1n) is 5.12. The maximum atomic E-state index is 5.50. The molecule has 0 atom stereocenters. The third-order valence-corrected chi connectivity index (χ3v) is 2.81. The molecule has 1 aromatic heterocycles. The highest BCUT2D eigenvalue weighted by Gasteiger charge is 1.94. The second-order valence-corrected chi connectivity index (χ2v) is 4.58. The SMILES string of the molecule is CC(C)NCCOCCc1cccs1. The van der Waals surface area contributed by atoms with Crippen LogP contribution in [0.15, 0.2) is 17.5 Å². The van der Waals surface area contributed by atoms with Crippen LogP contribution in [-0.4, -0.2) is 25.8 Å². The van der Waals surface area contributed by atoms with Gasteiger partial charge in [0.25, 0.3) is 0 Å². The van der Waals surface area contributed by atoms with Gasteiger partial charge in [-0.1, -0.05) is 19.9 Å². The Morgan fingerprint density at radius 3 is 2.93 bits per heavy atom. The van der Waals surface area contributed by atoms with Crippen LogP contribution in [0.4, 0.5) is 0 Å². The number of rotatable bonds is 7. The average molecular weight is 213 g/mol. The molecular weight excluding hydrogens is 194 g/mol. The molecule has 0 unspecified atom stereocenters. The summed E-state index contributed by atoms with van der Waals surface area (Å²) in [6.07, 6.45) is 1.04. The van der Waals surface area contributed by atoms with Crippen molar-refractivity contribution < 1.29 is 4.74 Å². The van der Waals surface area contributed by atoms with Gasteiger partial charge in [-0.25, -0.2) is 0 Å². The second-order valence-electron chi connectivity index (χ2n) is 3.55. The molecule has 14 heavy (non-hydrogen) atoms. The van der Waals surface area contributed by atoms with Gasteiger partial charge in [0.15, 0.2) is 0 Å². The number of hydrogen-bond acceptors (Lipinski definition) is 3. The van der Waals surface area contributed by atoms with Gasteiger partial charge in [0.1, 0.15) is 0 Å². The van der Waals surface area contributed by atoms with Crippen LogP contribution < -0.4 is 5.32 Å². The Labute approximate surface area is 90.3 Å². The molecule has 3 heteroatoms. The molecule has 0 radical (unpaired) electrons. The van der Waals surface area contributed by atoms with E-state index in [0.29, 0.717) is 6.04 Å². The summed E-state index contributed by atoms with van der Waals surface area (Å²) in [7, 11) is 0. The summed E-state index contributed by atoms with van der Waals surface area (Å²) >= 11 is 1.80. The summed E-state index contributed by atoms with van der Waals surface area (Å²) in [5.41, 5.74) is 0. The second kappa shape index (κ2) is 6.98. The Morgan fingerprint density at radius 1 is 1.43 bits per heavy atom. The van der Waals surface area contributed by atoms with Gasteiger partial charge in [0.2, 0.25) is 0 Å². The zero-order valence-electron chi connectivity index (χ0n) is 8.95. The van der Waals surface area contributed by atoms with Crippen LogP contribution in [0, 0.1) is 0 Å². The van der Waals surface area contributed by atoms with Crippen LogP contribution in [0.25, 0.3) is 0 Å². The van der Waals surface area contributed by atoms with Crippen molar-refractivity contribution in [3.63, 3.8) is 0 Å². The first-order chi connectivity index (χ1) is 6.79. The summed E-state index contributed by atoms with van der Waals surface area (Å²) in [5, 5.41) is 5.42. The zero-order chi connectivity index (χ0) is 10.2. The Balaban J connectivity index is 1.90. The van der Waals surface area contributed by atoms with Crippen molar-refractivity contribution in [3.8, 4) is 0 Å². The zero-order valence-corrected chi connectivity index (χ0v) is 9.77. The molecule has 2 nitrogen and oxygen atoms in total. The Morgan fingerprint density at radius 2 is 2.29 bits per heavy atom. The number of ether oxygens (including phenoxy) is 1. The van der Waals surface area contributed by atoms with E-state index in [1.807, 2.05) is 0 Å². The number of hydrogen-bond donors (Lipinski definition) is 1. The quantitative estimate of drug-likeness (QED) is 0.702. The minimum absolute atomic E-state index is 0.552. The Bertz CT molecular complexity index is 221. The van der Waals surface area contributed by atoms with Crippen molar-refractivity contribution in [2.45, 2.75) is 26.3 Å². The van der Waals surface area contributed by atoms with E-state index >= 15 is 0 Å². The van der Waals surface area contributed by atoms with Crippen molar-refractivity contribution in [3.05, 3.63) is 22.4 Å². The van der Waals surface area contributed by atoms with E-state index in [9.17, 15) is 0 Å². The minimum Gasteiger partial charge on any atom is -0.380 e. The minimum atomic E-state index is 0.552. The first kappa shape index (κ1) is 11.7. The molecule has 0 saturated heterocycles. The van der Waals surface area contributed by atoms with Gasteiger partial charge in [0, 0.05) is 23.9 Å². The van der Waals surface area contributed by atoms with Crippen LogP contribution in [0.5, 0.6) is 0 Å². The summed E-state index contributed by atoms with van der Waals surface area (Å²) in [6, 6.07) is 4.79. The molecule has 1 N–H and O–H groups in total. The lowest BCUT2D eigenvalue weighted by Crippen LogP contribution is -2.26. The predicted molar refractivity (Wildman–Crippen MR) is 62.0 cm³/mol. The third kappa shape index (κ3) is 5.37. The van der Waals surface area contributed by atoms with Crippen LogP contribution >= 0.6 is 11.3 Å².